The molecule has 4 nitrogen and oxygen atoms in total. The third-order valence-corrected chi connectivity index (χ3v) is 4.76. The van der Waals surface area contributed by atoms with Gasteiger partial charge in [0, 0.05) is 4.90 Å². The molecule has 1 fully saturated rings. The highest BCUT2D eigenvalue weighted by molar-refractivity contribution is 8.00. The Morgan fingerprint density at radius 1 is 1.15 bits per heavy atom. The molecule has 1 aliphatic rings. The highest BCUT2D eigenvalue weighted by atomic mass is 32.2. The van der Waals surface area contributed by atoms with Gasteiger partial charge in [0.25, 0.3) is 0 Å². The van der Waals surface area contributed by atoms with Crippen molar-refractivity contribution in [2.45, 2.75) is 43.8 Å². The van der Waals surface area contributed by atoms with E-state index in [1.165, 1.54) is 11.8 Å². The van der Waals surface area contributed by atoms with E-state index in [2.05, 4.69) is 0 Å². The van der Waals surface area contributed by atoms with Crippen LogP contribution in [0.4, 0.5) is 0 Å². The van der Waals surface area contributed by atoms with Crippen LogP contribution in [0.2, 0.25) is 0 Å². The van der Waals surface area contributed by atoms with E-state index in [0.717, 1.165) is 10.4 Å². The van der Waals surface area contributed by atoms with Crippen molar-refractivity contribution in [1.29, 1.82) is 0 Å². The third kappa shape index (κ3) is 3.19. The van der Waals surface area contributed by atoms with Crippen LogP contribution < -0.4 is 5.46 Å². The monoisotopic (exact) mass is 294 g/mol. The summed E-state index contributed by atoms with van der Waals surface area (Å²) >= 11 is 1.30. The number of carboxylic acid groups (broad SMARTS) is 1. The summed E-state index contributed by atoms with van der Waals surface area (Å²) in [6.45, 7) is 8.07. The summed E-state index contributed by atoms with van der Waals surface area (Å²) in [5, 5.41) is 8.66. The summed E-state index contributed by atoms with van der Waals surface area (Å²) in [4.78, 5) is 11.5. The predicted octanol–water partition coefficient (Wildman–Crippen LogP) is 2.16. The summed E-state index contributed by atoms with van der Waals surface area (Å²) in [6.07, 6.45) is 0. The first-order valence-corrected chi connectivity index (χ1v) is 7.50. The smallest absolute Gasteiger partial charge is 0.481 e. The Kier molecular flexibility index (Phi) is 4.18. The molecule has 0 aromatic heterocycles. The van der Waals surface area contributed by atoms with E-state index in [0.29, 0.717) is 0 Å². The van der Waals surface area contributed by atoms with E-state index < -0.39 is 5.97 Å². The van der Waals surface area contributed by atoms with Crippen molar-refractivity contribution in [3.63, 3.8) is 0 Å². The minimum atomic E-state index is -0.815. The fraction of sp³-hybridized carbons (Fsp3) is 0.500. The molecule has 0 bridgehead atoms. The largest absolute Gasteiger partial charge is 0.494 e. The molecule has 0 atom stereocenters. The molecule has 2 rings (SSSR count). The Morgan fingerprint density at radius 3 is 2.10 bits per heavy atom. The lowest BCUT2D eigenvalue weighted by atomic mass is 9.79. The van der Waals surface area contributed by atoms with E-state index >= 15 is 0 Å². The number of carboxylic acids is 1. The fourth-order valence-electron chi connectivity index (χ4n) is 1.85. The van der Waals surface area contributed by atoms with Gasteiger partial charge in [-0.3, -0.25) is 4.79 Å². The van der Waals surface area contributed by atoms with Crippen molar-refractivity contribution in [3.8, 4) is 0 Å². The van der Waals surface area contributed by atoms with Gasteiger partial charge in [-0.2, -0.15) is 0 Å². The lowest BCUT2D eigenvalue weighted by molar-refractivity contribution is -0.133. The topological polar surface area (TPSA) is 55.8 Å². The second-order valence-electron chi connectivity index (χ2n) is 5.84. The molecule has 1 aromatic carbocycles. The van der Waals surface area contributed by atoms with Crippen LogP contribution in [-0.4, -0.2) is 35.1 Å². The van der Waals surface area contributed by atoms with Gasteiger partial charge in [-0.15, -0.1) is 11.8 Å². The first-order valence-electron chi connectivity index (χ1n) is 6.51. The van der Waals surface area contributed by atoms with Crippen LogP contribution in [0.5, 0.6) is 0 Å². The standard InChI is InChI=1S/C14H19BO4S/c1-13(2)14(3,4)19-15(18-13)10-5-7-11(8-6-10)20-9-12(16)17/h5-8H,9H2,1-4H3,(H,16,17). The van der Waals surface area contributed by atoms with Crippen LogP contribution in [0.15, 0.2) is 29.2 Å². The Hall–Kier alpha value is -0.975. The predicted molar refractivity (Wildman–Crippen MR) is 80.5 cm³/mol. The molecule has 0 amide bonds. The molecular weight excluding hydrogens is 275 g/mol. The zero-order valence-electron chi connectivity index (χ0n) is 12.2. The van der Waals surface area contributed by atoms with Crippen molar-refractivity contribution in [1.82, 2.24) is 0 Å². The molecule has 6 heteroatoms. The summed E-state index contributed by atoms with van der Waals surface area (Å²) < 4.78 is 11.9. The molecular formula is C14H19BO4S. The summed E-state index contributed by atoms with van der Waals surface area (Å²) in [5.74, 6) is -0.749. The normalized spacial score (nSPS) is 20.1. The Bertz CT molecular complexity index is 482. The highest BCUT2D eigenvalue weighted by Gasteiger charge is 2.51. The van der Waals surface area contributed by atoms with Gasteiger partial charge < -0.3 is 14.4 Å². The molecule has 0 saturated carbocycles. The summed E-state index contributed by atoms with van der Waals surface area (Å²) in [7, 11) is -0.376. The third-order valence-electron chi connectivity index (χ3n) is 3.77. The number of hydrogen-bond donors (Lipinski definition) is 1. The summed E-state index contributed by atoms with van der Waals surface area (Å²) in [6, 6.07) is 7.64. The van der Waals surface area contributed by atoms with E-state index in [1.54, 1.807) is 0 Å². The van der Waals surface area contributed by atoms with Crippen LogP contribution in [0.3, 0.4) is 0 Å². The molecule has 0 radical (unpaired) electrons. The van der Waals surface area contributed by atoms with Crippen molar-refractivity contribution in [2.75, 3.05) is 5.75 Å². The molecule has 0 spiro atoms. The molecule has 1 aromatic rings. The first-order chi connectivity index (χ1) is 9.21. The highest BCUT2D eigenvalue weighted by Crippen LogP contribution is 2.36. The number of hydrogen-bond acceptors (Lipinski definition) is 4. The molecule has 1 saturated heterocycles. The fourth-order valence-corrected chi connectivity index (χ4v) is 2.46. The number of thioether (sulfide) groups is 1. The van der Waals surface area contributed by atoms with Crippen molar-refractivity contribution in [3.05, 3.63) is 24.3 Å². The number of rotatable bonds is 4. The minimum Gasteiger partial charge on any atom is -0.481 e. The van der Waals surface area contributed by atoms with Crippen molar-refractivity contribution in [2.24, 2.45) is 0 Å². The van der Waals surface area contributed by atoms with Gasteiger partial charge in [0.15, 0.2) is 0 Å². The van der Waals surface area contributed by atoms with Crippen molar-refractivity contribution >= 4 is 30.3 Å². The lowest BCUT2D eigenvalue weighted by Gasteiger charge is -2.32. The molecule has 0 unspecified atom stereocenters. The Labute approximate surface area is 124 Å². The minimum absolute atomic E-state index is 0.0653. The maximum Gasteiger partial charge on any atom is 0.494 e. The van der Waals surface area contributed by atoms with E-state index in [4.69, 9.17) is 14.4 Å². The zero-order chi connectivity index (χ0) is 15.0. The average Bonchev–Trinajstić information content (AvgIpc) is 2.56. The van der Waals surface area contributed by atoms with Gasteiger partial charge in [-0.1, -0.05) is 12.1 Å². The zero-order valence-corrected chi connectivity index (χ0v) is 13.0. The Morgan fingerprint density at radius 2 is 1.65 bits per heavy atom. The van der Waals surface area contributed by atoms with Gasteiger partial charge >= 0.3 is 13.1 Å². The van der Waals surface area contributed by atoms with Crippen LogP contribution in [0.25, 0.3) is 0 Å². The molecule has 0 aliphatic carbocycles. The molecule has 1 aliphatic heterocycles. The van der Waals surface area contributed by atoms with Crippen LogP contribution in [0.1, 0.15) is 27.7 Å². The van der Waals surface area contributed by atoms with Crippen LogP contribution in [0, 0.1) is 0 Å². The lowest BCUT2D eigenvalue weighted by Crippen LogP contribution is -2.41. The molecule has 20 heavy (non-hydrogen) atoms. The summed E-state index contributed by atoms with van der Waals surface area (Å²) in [5.41, 5.74) is 0.242. The number of carbonyl (C=O) groups is 1. The first kappa shape index (κ1) is 15.4. The van der Waals surface area contributed by atoms with E-state index in [9.17, 15) is 4.79 Å². The van der Waals surface area contributed by atoms with Gasteiger partial charge in [-0.25, -0.2) is 0 Å². The second-order valence-corrected chi connectivity index (χ2v) is 6.89. The van der Waals surface area contributed by atoms with Gasteiger partial charge in [0.2, 0.25) is 0 Å². The maximum atomic E-state index is 10.5. The van der Waals surface area contributed by atoms with Crippen LogP contribution in [-0.2, 0) is 14.1 Å². The molecule has 1 N–H and O–H groups in total. The van der Waals surface area contributed by atoms with Gasteiger partial charge in [-0.05, 0) is 45.3 Å². The number of aliphatic carboxylic acids is 1. The van der Waals surface area contributed by atoms with Gasteiger partial charge in [0.05, 0.1) is 17.0 Å². The van der Waals surface area contributed by atoms with Crippen molar-refractivity contribution < 1.29 is 19.2 Å². The molecule has 108 valence electrons. The second kappa shape index (κ2) is 5.43. The SMILES string of the molecule is CC1(C)OB(c2ccc(SCC(=O)O)cc2)OC1(C)C. The molecule has 1 heterocycles. The Balaban J connectivity index is 2.06. The number of benzene rings is 1. The average molecular weight is 294 g/mol. The maximum absolute atomic E-state index is 10.5. The van der Waals surface area contributed by atoms with E-state index in [-0.39, 0.29) is 24.1 Å². The van der Waals surface area contributed by atoms with Gasteiger partial charge in [0.1, 0.15) is 0 Å². The quantitative estimate of drug-likeness (QED) is 0.681. The van der Waals surface area contributed by atoms with E-state index in [1.807, 2.05) is 52.0 Å². The van der Waals surface area contributed by atoms with Crippen LogP contribution >= 0.6 is 11.8 Å².